The maximum absolute atomic E-state index is 15.3. The van der Waals surface area contributed by atoms with E-state index in [1.807, 2.05) is 0 Å². The Morgan fingerprint density at radius 2 is 1.76 bits per heavy atom. The highest BCUT2D eigenvalue weighted by atomic mass is 19.1. The highest BCUT2D eigenvalue weighted by Gasteiger charge is 2.28. The number of pyridine rings is 1. The molecule has 0 radical (unpaired) electrons. The summed E-state index contributed by atoms with van der Waals surface area (Å²) in [6.07, 6.45) is 0.475. The fraction of sp³-hybridized carbons (Fsp3) is 0.192. The van der Waals surface area contributed by atoms with E-state index >= 15 is 4.39 Å². The van der Waals surface area contributed by atoms with E-state index in [9.17, 15) is 19.4 Å². The molecule has 2 atom stereocenters. The van der Waals surface area contributed by atoms with Crippen molar-refractivity contribution in [1.82, 2.24) is 10.3 Å². The highest BCUT2D eigenvalue weighted by molar-refractivity contribution is 6.21. The number of aromatic nitrogens is 1. The van der Waals surface area contributed by atoms with Crippen LogP contribution in [0.3, 0.4) is 0 Å². The molecule has 8 heteroatoms. The molecule has 0 spiro atoms. The third-order valence-corrected chi connectivity index (χ3v) is 5.62. The fourth-order valence-corrected chi connectivity index (χ4v) is 3.85. The standard InChI is InChI=1S/C26H23F2N3O3/c27-17-10-8-16(9-11-17)20-15-30-24(23(20)28)18-5-1-2-6-19(18)26(34)31-22(12-14-32)25(33)21-7-3-4-13-29-21/h1-11,13,22,25,32-33H,12,14-15H2,(H,31,34)/t22-,25?/m0/s1. The van der Waals surface area contributed by atoms with Crippen molar-refractivity contribution in [1.29, 1.82) is 0 Å². The lowest BCUT2D eigenvalue weighted by Gasteiger charge is -2.23. The van der Waals surface area contributed by atoms with Crippen molar-refractivity contribution in [2.75, 3.05) is 13.2 Å². The molecule has 174 valence electrons. The van der Waals surface area contributed by atoms with E-state index < -0.39 is 29.7 Å². The van der Waals surface area contributed by atoms with Gasteiger partial charge in [-0.3, -0.25) is 14.8 Å². The second-order valence-corrected chi connectivity index (χ2v) is 7.80. The number of halogens is 2. The van der Waals surface area contributed by atoms with Gasteiger partial charge in [0.1, 0.15) is 17.6 Å². The largest absolute Gasteiger partial charge is 0.396 e. The van der Waals surface area contributed by atoms with Gasteiger partial charge in [0.05, 0.1) is 18.3 Å². The van der Waals surface area contributed by atoms with Crippen molar-refractivity contribution in [3.63, 3.8) is 0 Å². The molecule has 6 nitrogen and oxygen atoms in total. The summed E-state index contributed by atoms with van der Waals surface area (Å²) in [7, 11) is 0. The van der Waals surface area contributed by atoms with Gasteiger partial charge in [-0.15, -0.1) is 0 Å². The van der Waals surface area contributed by atoms with Gasteiger partial charge in [0.2, 0.25) is 0 Å². The lowest BCUT2D eigenvalue weighted by Crippen LogP contribution is -2.40. The smallest absolute Gasteiger partial charge is 0.252 e. The molecule has 3 aromatic rings. The van der Waals surface area contributed by atoms with Crippen LogP contribution in [0, 0.1) is 5.82 Å². The summed E-state index contributed by atoms with van der Waals surface area (Å²) in [5.74, 6) is -1.54. The Labute approximate surface area is 195 Å². The summed E-state index contributed by atoms with van der Waals surface area (Å²) in [6.45, 7) is -0.199. The number of allylic oxidation sites excluding steroid dienone is 1. The summed E-state index contributed by atoms with van der Waals surface area (Å²) >= 11 is 0. The number of aliphatic hydroxyl groups excluding tert-OH is 2. The number of amides is 1. The van der Waals surface area contributed by atoms with Gasteiger partial charge >= 0.3 is 0 Å². The molecule has 0 saturated heterocycles. The number of hydrogen-bond acceptors (Lipinski definition) is 5. The van der Waals surface area contributed by atoms with Crippen molar-refractivity contribution < 1.29 is 23.8 Å². The number of carbonyl (C=O) groups excluding carboxylic acids is 1. The van der Waals surface area contributed by atoms with Crippen LogP contribution in [-0.4, -0.2) is 46.0 Å². The van der Waals surface area contributed by atoms with Gasteiger partial charge in [-0.2, -0.15) is 0 Å². The zero-order valence-corrected chi connectivity index (χ0v) is 18.2. The molecule has 2 aromatic carbocycles. The average Bonchev–Trinajstić information content (AvgIpc) is 3.25. The minimum Gasteiger partial charge on any atom is -0.396 e. The van der Waals surface area contributed by atoms with Gasteiger partial charge in [0, 0.05) is 29.5 Å². The summed E-state index contributed by atoms with van der Waals surface area (Å²) in [5, 5.41) is 22.9. The molecule has 2 heterocycles. The second-order valence-electron chi connectivity index (χ2n) is 7.80. The third-order valence-electron chi connectivity index (χ3n) is 5.62. The SMILES string of the molecule is O=C(N[C@@H](CCO)C(O)c1ccccn1)c1ccccc1C1=NCC(c2ccc(F)cc2)=C1F. The zero-order valence-electron chi connectivity index (χ0n) is 18.2. The van der Waals surface area contributed by atoms with Crippen LogP contribution in [0.25, 0.3) is 5.57 Å². The molecule has 0 saturated carbocycles. The number of benzene rings is 2. The monoisotopic (exact) mass is 463 g/mol. The normalized spacial score (nSPS) is 15.1. The van der Waals surface area contributed by atoms with Gasteiger partial charge in [-0.05, 0) is 42.3 Å². The first-order valence-electron chi connectivity index (χ1n) is 10.8. The van der Waals surface area contributed by atoms with Crippen LogP contribution in [0.5, 0.6) is 0 Å². The van der Waals surface area contributed by atoms with E-state index in [0.717, 1.165) is 0 Å². The Bertz CT molecular complexity index is 1230. The summed E-state index contributed by atoms with van der Waals surface area (Å²) in [5.41, 5.74) is 1.69. The first kappa shape index (κ1) is 23.4. The van der Waals surface area contributed by atoms with E-state index in [-0.39, 0.29) is 30.8 Å². The number of nitrogens with zero attached hydrogens (tertiary/aromatic N) is 2. The van der Waals surface area contributed by atoms with Gasteiger partial charge in [0.25, 0.3) is 5.91 Å². The number of rotatable bonds is 8. The lowest BCUT2D eigenvalue weighted by atomic mass is 9.98. The Kier molecular flexibility index (Phi) is 7.20. The molecule has 1 aliphatic rings. The lowest BCUT2D eigenvalue weighted by molar-refractivity contribution is 0.0778. The zero-order chi connectivity index (χ0) is 24.1. The molecule has 4 rings (SSSR count). The van der Waals surface area contributed by atoms with Gasteiger partial charge in [-0.1, -0.05) is 36.4 Å². The maximum atomic E-state index is 15.3. The first-order valence-corrected chi connectivity index (χ1v) is 10.8. The Balaban J connectivity index is 1.60. The number of hydrogen-bond donors (Lipinski definition) is 3. The predicted octanol–water partition coefficient (Wildman–Crippen LogP) is 3.62. The average molecular weight is 463 g/mol. The molecule has 3 N–H and O–H groups in total. The van der Waals surface area contributed by atoms with Crippen LogP contribution in [0.4, 0.5) is 8.78 Å². The number of nitrogens with one attached hydrogen (secondary N) is 1. The predicted molar refractivity (Wildman–Crippen MR) is 124 cm³/mol. The number of carbonyl (C=O) groups is 1. The Morgan fingerprint density at radius 1 is 1.03 bits per heavy atom. The van der Waals surface area contributed by atoms with E-state index in [2.05, 4.69) is 15.3 Å². The van der Waals surface area contributed by atoms with Crippen LogP contribution in [-0.2, 0) is 0 Å². The minimum absolute atomic E-state index is 0.0362. The number of aliphatic imine (C=N–C) groups is 1. The van der Waals surface area contributed by atoms with Crippen molar-refractivity contribution in [3.05, 3.63) is 107 Å². The Hall–Kier alpha value is -3.75. The second kappa shape index (κ2) is 10.5. The molecule has 1 aliphatic heterocycles. The quantitative estimate of drug-likeness (QED) is 0.476. The van der Waals surface area contributed by atoms with Crippen molar-refractivity contribution in [3.8, 4) is 0 Å². The summed E-state index contributed by atoms with van der Waals surface area (Å²) in [4.78, 5) is 21.6. The molecule has 1 amide bonds. The molecular weight excluding hydrogens is 440 g/mol. The van der Waals surface area contributed by atoms with E-state index in [0.29, 0.717) is 22.4 Å². The van der Waals surface area contributed by atoms with Crippen molar-refractivity contribution >= 4 is 17.2 Å². The number of aliphatic hydroxyl groups is 2. The van der Waals surface area contributed by atoms with Crippen LogP contribution in [0.1, 0.15) is 39.7 Å². The van der Waals surface area contributed by atoms with E-state index in [1.54, 1.807) is 42.5 Å². The third kappa shape index (κ3) is 4.93. The van der Waals surface area contributed by atoms with Crippen molar-refractivity contribution in [2.24, 2.45) is 4.99 Å². The molecule has 0 aliphatic carbocycles. The molecule has 1 unspecified atom stereocenters. The van der Waals surface area contributed by atoms with Crippen LogP contribution in [0.15, 0.2) is 83.7 Å². The Morgan fingerprint density at radius 3 is 2.47 bits per heavy atom. The molecule has 1 aromatic heterocycles. The van der Waals surface area contributed by atoms with Crippen molar-refractivity contribution in [2.45, 2.75) is 18.6 Å². The highest BCUT2D eigenvalue weighted by Crippen LogP contribution is 2.30. The van der Waals surface area contributed by atoms with E-state index in [1.165, 1.54) is 30.5 Å². The van der Waals surface area contributed by atoms with Gasteiger partial charge < -0.3 is 15.5 Å². The summed E-state index contributed by atoms with van der Waals surface area (Å²) < 4.78 is 28.6. The van der Waals surface area contributed by atoms with Crippen LogP contribution in [0.2, 0.25) is 0 Å². The first-order chi connectivity index (χ1) is 16.5. The maximum Gasteiger partial charge on any atom is 0.252 e. The minimum atomic E-state index is -1.14. The topological polar surface area (TPSA) is 94.8 Å². The van der Waals surface area contributed by atoms with Gasteiger partial charge in [-0.25, -0.2) is 8.78 Å². The molecule has 34 heavy (non-hydrogen) atoms. The fourth-order valence-electron chi connectivity index (χ4n) is 3.85. The van der Waals surface area contributed by atoms with E-state index in [4.69, 9.17) is 0 Å². The molecule has 0 fully saturated rings. The molecule has 0 bridgehead atoms. The summed E-state index contributed by atoms with van der Waals surface area (Å²) in [6, 6.07) is 16.2. The van der Waals surface area contributed by atoms with Crippen LogP contribution >= 0.6 is 0 Å². The van der Waals surface area contributed by atoms with Gasteiger partial charge in [0.15, 0.2) is 5.83 Å². The van der Waals surface area contributed by atoms with Crippen LogP contribution < -0.4 is 5.32 Å². The molecular formula is C26H23F2N3O3.